The van der Waals surface area contributed by atoms with Gasteiger partial charge in [0.2, 0.25) is 41.4 Å². The zero-order valence-electron chi connectivity index (χ0n) is 33.6. The lowest BCUT2D eigenvalue weighted by molar-refractivity contribution is -0.143. The molecule has 0 radical (unpaired) electrons. The molecule has 1 heterocycles. The lowest BCUT2D eigenvalue weighted by Crippen LogP contribution is -2.55. The maximum atomic E-state index is 14.2. The number of amides is 7. The van der Waals surface area contributed by atoms with Crippen LogP contribution in [-0.2, 0) is 47.9 Å². The molecule has 1 aliphatic heterocycles. The van der Waals surface area contributed by atoms with E-state index in [1.165, 1.54) is 4.90 Å². The van der Waals surface area contributed by atoms with Gasteiger partial charge in [0.25, 0.3) is 0 Å². The average molecular weight is 860 g/mol. The number of carbonyl (C=O) groups is 10. The van der Waals surface area contributed by atoms with Gasteiger partial charge < -0.3 is 54.6 Å². The number of carboxylic acids is 1. The molecule has 20 nitrogen and oxygen atoms in total. The fraction of sp³-hybridized carbons (Fsp3) is 0.722. The van der Waals surface area contributed by atoms with Crippen molar-refractivity contribution in [1.29, 1.82) is 0 Å². The van der Waals surface area contributed by atoms with E-state index < -0.39 is 120 Å². The molecule has 7 amide bonds. The number of rotatable bonds is 29. The molecule has 1 fully saturated rings. The number of aliphatic carboxylic acids is 1. The number of hydrogen-bond acceptors (Lipinski definition) is 14. The standard InChI is InChI=1S/C36H61N9O11S2/c1-5-19(4)31(41)27(47)12-20(8-9-28(38)48)32(51)43-23(14-29(39)49)26(46)13-21(16-57-58-17-22(37)36(55)56)35(54)45-10-6-7-25(45)34(53)44-24(11-18(2)3)33(52)42-15-30(40)50/h18-25,31H,5-17,37,41H2,1-4H3,(H2,38,48)(H2,39,49)(H2,40,50)(H,42,52)(H,43,51)(H,44,53)(H,55,56)/t19-,20+,21-,22-,23-,24-,25-,31?/m0/s1. The molecule has 1 rings (SSSR count). The molecule has 1 saturated heterocycles. The number of nitrogens with zero attached hydrogens (tertiary/aromatic N) is 1. The molecule has 0 aromatic heterocycles. The Morgan fingerprint density at radius 3 is 1.95 bits per heavy atom. The maximum Gasteiger partial charge on any atom is 0.321 e. The van der Waals surface area contributed by atoms with Gasteiger partial charge in [-0.3, -0.25) is 47.9 Å². The zero-order valence-corrected chi connectivity index (χ0v) is 35.2. The fourth-order valence-electron chi connectivity index (χ4n) is 6.06. The van der Waals surface area contributed by atoms with Gasteiger partial charge in [-0.2, -0.15) is 0 Å². The smallest absolute Gasteiger partial charge is 0.321 e. The second-order valence-corrected chi connectivity index (χ2v) is 17.5. The molecule has 0 aromatic rings. The third-order valence-corrected chi connectivity index (χ3v) is 12.1. The van der Waals surface area contributed by atoms with Crippen LogP contribution >= 0.6 is 21.6 Å². The molecule has 22 heteroatoms. The number of Topliss-reactive ketones (excluding diaryl/α,β-unsaturated/α-hetero) is 2. The minimum absolute atomic E-state index is 0.0505. The lowest BCUT2D eigenvalue weighted by Gasteiger charge is -2.30. The summed E-state index contributed by atoms with van der Waals surface area (Å²) >= 11 is 0. The lowest BCUT2D eigenvalue weighted by atomic mass is 9.88. The maximum absolute atomic E-state index is 14.2. The van der Waals surface area contributed by atoms with Crippen LogP contribution in [0.5, 0.6) is 0 Å². The summed E-state index contributed by atoms with van der Waals surface area (Å²) in [5.74, 6) is -10.4. The molecular weight excluding hydrogens is 799 g/mol. The fourth-order valence-corrected chi connectivity index (χ4v) is 8.48. The Morgan fingerprint density at radius 2 is 1.40 bits per heavy atom. The van der Waals surface area contributed by atoms with E-state index in [0.29, 0.717) is 12.8 Å². The highest BCUT2D eigenvalue weighted by Gasteiger charge is 2.40. The highest BCUT2D eigenvalue weighted by molar-refractivity contribution is 8.76. The molecule has 0 aromatic carbocycles. The van der Waals surface area contributed by atoms with Crippen molar-refractivity contribution in [2.75, 3.05) is 24.6 Å². The van der Waals surface area contributed by atoms with Crippen LogP contribution in [0.15, 0.2) is 0 Å². The molecule has 58 heavy (non-hydrogen) atoms. The van der Waals surface area contributed by atoms with Gasteiger partial charge in [0.05, 0.1) is 31.0 Å². The minimum atomic E-state index is -1.55. The van der Waals surface area contributed by atoms with Crippen molar-refractivity contribution < 1.29 is 53.1 Å². The molecule has 0 spiro atoms. The van der Waals surface area contributed by atoms with Crippen LogP contribution in [0.1, 0.15) is 85.5 Å². The largest absolute Gasteiger partial charge is 0.480 e. The Hall–Kier alpha value is -4.28. The van der Waals surface area contributed by atoms with Crippen LogP contribution < -0.4 is 44.6 Å². The normalized spacial score (nSPS) is 17.5. The molecule has 14 N–H and O–H groups in total. The van der Waals surface area contributed by atoms with Crippen LogP contribution in [0.25, 0.3) is 0 Å². The average Bonchev–Trinajstić information content (AvgIpc) is 3.64. The van der Waals surface area contributed by atoms with Crippen LogP contribution in [0.2, 0.25) is 0 Å². The number of primary amides is 3. The van der Waals surface area contributed by atoms with Gasteiger partial charge in [-0.05, 0) is 37.5 Å². The first-order valence-electron chi connectivity index (χ1n) is 19.2. The topological polar surface area (TPSA) is 360 Å². The van der Waals surface area contributed by atoms with Crippen molar-refractivity contribution in [2.24, 2.45) is 52.3 Å². The van der Waals surface area contributed by atoms with E-state index in [9.17, 15) is 53.1 Å². The van der Waals surface area contributed by atoms with E-state index in [4.69, 9.17) is 28.7 Å². The Kier molecular flexibility index (Phi) is 23.1. The van der Waals surface area contributed by atoms with E-state index in [1.54, 1.807) is 6.92 Å². The van der Waals surface area contributed by atoms with Gasteiger partial charge in [-0.15, -0.1) is 0 Å². The predicted octanol–water partition coefficient (Wildman–Crippen LogP) is -1.95. The van der Waals surface area contributed by atoms with Crippen molar-refractivity contribution in [2.45, 2.75) is 116 Å². The summed E-state index contributed by atoms with van der Waals surface area (Å²) in [7, 11) is 2.09. The third kappa shape index (κ3) is 18.5. The number of nitrogens with two attached hydrogens (primary N) is 5. The molecule has 0 bridgehead atoms. The van der Waals surface area contributed by atoms with E-state index >= 15 is 0 Å². The van der Waals surface area contributed by atoms with Gasteiger partial charge in [0.15, 0.2) is 11.6 Å². The molecule has 1 unspecified atom stereocenters. The first-order valence-corrected chi connectivity index (χ1v) is 21.7. The summed E-state index contributed by atoms with van der Waals surface area (Å²) in [6, 6.07) is -5.78. The minimum Gasteiger partial charge on any atom is -0.480 e. The summed E-state index contributed by atoms with van der Waals surface area (Å²) < 4.78 is 0. The summed E-state index contributed by atoms with van der Waals surface area (Å²) in [4.78, 5) is 129. The van der Waals surface area contributed by atoms with Crippen molar-refractivity contribution in [3.05, 3.63) is 0 Å². The van der Waals surface area contributed by atoms with E-state index in [-0.39, 0.29) is 62.0 Å². The van der Waals surface area contributed by atoms with E-state index in [2.05, 4.69) is 16.0 Å². The zero-order chi connectivity index (χ0) is 44.3. The van der Waals surface area contributed by atoms with Crippen LogP contribution in [0, 0.1) is 23.7 Å². The quantitative estimate of drug-likeness (QED) is 0.0292. The predicted molar refractivity (Wildman–Crippen MR) is 217 cm³/mol. The molecule has 8 atom stereocenters. The van der Waals surface area contributed by atoms with Crippen LogP contribution in [0.3, 0.4) is 0 Å². The third-order valence-electron chi connectivity index (χ3n) is 9.63. The Balaban J connectivity index is 3.41. The highest BCUT2D eigenvalue weighted by atomic mass is 33.1. The van der Waals surface area contributed by atoms with Crippen molar-refractivity contribution >= 4 is 80.5 Å². The van der Waals surface area contributed by atoms with Crippen LogP contribution in [-0.4, -0.2) is 124 Å². The molecular formula is C36H61N9O11S2. The Bertz CT molecular complexity index is 1500. The summed E-state index contributed by atoms with van der Waals surface area (Å²) in [5.41, 5.74) is 27.6. The monoisotopic (exact) mass is 859 g/mol. The van der Waals surface area contributed by atoms with Crippen molar-refractivity contribution in [3.8, 4) is 0 Å². The number of nitrogens with one attached hydrogen (secondary N) is 3. The highest BCUT2D eigenvalue weighted by Crippen LogP contribution is 2.30. The molecule has 1 aliphatic rings. The summed E-state index contributed by atoms with van der Waals surface area (Å²) in [6.45, 7) is 6.92. The summed E-state index contributed by atoms with van der Waals surface area (Å²) in [5, 5.41) is 16.7. The number of carboxylic acid groups (broad SMARTS) is 1. The Labute approximate surface area is 346 Å². The van der Waals surface area contributed by atoms with Gasteiger partial charge in [0, 0.05) is 43.2 Å². The summed E-state index contributed by atoms with van der Waals surface area (Å²) in [6.07, 6.45) is -0.630. The molecule has 328 valence electrons. The van der Waals surface area contributed by atoms with E-state index in [0.717, 1.165) is 21.6 Å². The Morgan fingerprint density at radius 1 is 0.776 bits per heavy atom. The number of ketones is 2. The molecule has 0 aliphatic carbocycles. The van der Waals surface area contributed by atoms with Gasteiger partial charge >= 0.3 is 5.97 Å². The van der Waals surface area contributed by atoms with Crippen LogP contribution in [0.4, 0.5) is 0 Å². The second kappa shape index (κ2) is 25.9. The van der Waals surface area contributed by atoms with Crippen molar-refractivity contribution in [3.63, 3.8) is 0 Å². The first-order chi connectivity index (χ1) is 27.1. The number of likely N-dealkylation sites (tertiary alicyclic amines) is 1. The van der Waals surface area contributed by atoms with Gasteiger partial charge in [-0.1, -0.05) is 55.7 Å². The van der Waals surface area contributed by atoms with E-state index in [1.807, 2.05) is 20.8 Å². The second-order valence-electron chi connectivity index (χ2n) is 15.0. The number of carbonyl (C=O) groups excluding carboxylic acids is 9. The SMILES string of the molecule is CC[C@H](C)C(N)C(=O)C[C@@H](CCC(N)=O)C(=O)N[C@@H](CC(N)=O)C(=O)C[C@@H](CSSC[C@H](N)C(=O)O)C(=O)N1CCC[C@H]1C(=O)N[C@@H](CC(C)C)C(=O)NCC(N)=O. The molecule has 0 saturated carbocycles. The first kappa shape index (κ1) is 51.7. The van der Waals surface area contributed by atoms with Gasteiger partial charge in [-0.25, -0.2) is 0 Å². The van der Waals surface area contributed by atoms with Crippen molar-refractivity contribution in [1.82, 2.24) is 20.9 Å². The number of hydrogen-bond donors (Lipinski definition) is 9. The van der Waals surface area contributed by atoms with Gasteiger partial charge in [0.1, 0.15) is 18.1 Å².